The summed E-state index contributed by atoms with van der Waals surface area (Å²) >= 11 is 0. The van der Waals surface area contributed by atoms with Crippen molar-refractivity contribution in [3.63, 3.8) is 0 Å². The van der Waals surface area contributed by atoms with E-state index >= 15 is 0 Å². The zero-order valence-electron chi connectivity index (χ0n) is 25.0. The van der Waals surface area contributed by atoms with E-state index in [4.69, 9.17) is 0 Å². The summed E-state index contributed by atoms with van der Waals surface area (Å²) in [6.45, 7) is 5.51. The number of hydrogen-bond acceptors (Lipinski definition) is 2. The van der Waals surface area contributed by atoms with E-state index < -0.39 is 70.9 Å². The fourth-order valence-corrected chi connectivity index (χ4v) is 7.17. The number of para-hydroxylation sites is 1. The lowest BCUT2D eigenvalue weighted by molar-refractivity contribution is -0.144. The molecule has 0 unspecified atom stereocenters. The van der Waals surface area contributed by atoms with Crippen molar-refractivity contribution in [1.82, 2.24) is 0 Å². The van der Waals surface area contributed by atoms with E-state index in [2.05, 4.69) is 4.99 Å². The van der Waals surface area contributed by atoms with E-state index in [1.54, 1.807) is 12.1 Å². The molecule has 0 saturated carbocycles. The lowest BCUT2D eigenvalue weighted by atomic mass is 9.85. The fourth-order valence-electron chi connectivity index (χ4n) is 4.71. The number of hydrogen-bond donors (Lipinski definition) is 1. The van der Waals surface area contributed by atoms with Crippen molar-refractivity contribution in [3.05, 3.63) is 112 Å². The van der Waals surface area contributed by atoms with E-state index in [1.165, 1.54) is 24.4 Å². The van der Waals surface area contributed by atoms with Crippen LogP contribution in [0.5, 0.6) is 5.75 Å². The highest BCUT2D eigenvalue weighted by molar-refractivity contribution is 7.79. The van der Waals surface area contributed by atoms with Crippen molar-refractivity contribution in [1.29, 1.82) is 0 Å². The van der Waals surface area contributed by atoms with Gasteiger partial charge in [-0.05, 0) is 89.4 Å². The van der Waals surface area contributed by atoms with Crippen LogP contribution in [-0.4, -0.2) is 11.3 Å². The summed E-state index contributed by atoms with van der Waals surface area (Å²) in [5.74, 6) is -0.126. The van der Waals surface area contributed by atoms with Gasteiger partial charge in [-0.1, -0.05) is 45.0 Å². The number of benzene rings is 4. The maximum atomic E-state index is 13.8. The van der Waals surface area contributed by atoms with Gasteiger partial charge in [0.2, 0.25) is 0 Å². The van der Waals surface area contributed by atoms with Gasteiger partial charge in [-0.15, -0.1) is 0 Å². The summed E-state index contributed by atoms with van der Waals surface area (Å²) in [5.41, 5.74) is -6.90. The first-order valence-corrected chi connectivity index (χ1v) is 15.1. The molecule has 0 aliphatic heterocycles. The maximum Gasteiger partial charge on any atom is 0.416 e. The third-order valence-electron chi connectivity index (χ3n) is 6.98. The summed E-state index contributed by atoms with van der Waals surface area (Å²) in [4.78, 5) is 4.22. The molecule has 0 spiro atoms. The molecule has 0 bridgehead atoms. The van der Waals surface area contributed by atoms with Gasteiger partial charge in [-0.25, -0.2) is 0 Å². The maximum absolute atomic E-state index is 13.8. The Kier molecular flexibility index (Phi) is 9.77. The molecule has 4 aromatic rings. The third kappa shape index (κ3) is 8.50. The van der Waals surface area contributed by atoms with E-state index in [-0.39, 0.29) is 58.7 Å². The number of alkyl halides is 12. The molecule has 0 saturated heterocycles. The van der Waals surface area contributed by atoms with Crippen LogP contribution in [0.15, 0.2) is 83.9 Å². The Morgan fingerprint density at radius 2 is 0.958 bits per heavy atom. The number of phenols is 1. The zero-order valence-corrected chi connectivity index (χ0v) is 25.9. The summed E-state index contributed by atoms with van der Waals surface area (Å²) in [7, 11) is -2.93. The number of aromatic hydroxyl groups is 1. The average molecular weight is 710 g/mol. The second-order valence-electron chi connectivity index (χ2n) is 11.6. The average Bonchev–Trinajstić information content (AvgIpc) is 2.94. The molecule has 0 atom stereocenters. The van der Waals surface area contributed by atoms with Crippen molar-refractivity contribution in [2.45, 2.75) is 50.9 Å². The van der Waals surface area contributed by atoms with E-state index in [0.717, 1.165) is 12.1 Å². The van der Waals surface area contributed by atoms with Crippen molar-refractivity contribution in [2.24, 2.45) is 4.99 Å². The van der Waals surface area contributed by atoms with Gasteiger partial charge in [0.25, 0.3) is 0 Å². The van der Waals surface area contributed by atoms with Gasteiger partial charge >= 0.3 is 24.7 Å². The summed E-state index contributed by atoms with van der Waals surface area (Å²) in [6, 6.07) is 10.4. The molecular formula is C33H24F12NOP. The van der Waals surface area contributed by atoms with Gasteiger partial charge in [0.15, 0.2) is 0 Å². The molecule has 1 N–H and O–H groups in total. The molecular weight excluding hydrogens is 685 g/mol. The topological polar surface area (TPSA) is 32.6 Å². The normalized spacial score (nSPS) is 13.5. The molecule has 0 radical (unpaired) electrons. The third-order valence-corrected chi connectivity index (χ3v) is 9.32. The molecule has 4 rings (SSSR count). The fraction of sp³-hybridized carbons (Fsp3) is 0.242. The number of aliphatic imine (C=N–C) groups is 1. The Morgan fingerprint density at radius 1 is 0.542 bits per heavy atom. The molecule has 0 amide bonds. The van der Waals surface area contributed by atoms with Gasteiger partial charge in [0, 0.05) is 11.8 Å². The van der Waals surface area contributed by atoms with Crippen LogP contribution in [0.1, 0.15) is 54.2 Å². The Bertz CT molecular complexity index is 1690. The number of phenolic OH excluding ortho intramolecular Hbond substituents is 1. The van der Waals surface area contributed by atoms with Crippen molar-refractivity contribution >= 4 is 35.7 Å². The van der Waals surface area contributed by atoms with E-state index in [0.29, 0.717) is 5.56 Å². The van der Waals surface area contributed by atoms with Gasteiger partial charge in [-0.2, -0.15) is 52.7 Å². The smallest absolute Gasteiger partial charge is 0.416 e. The minimum absolute atomic E-state index is 0.00777. The first-order valence-electron chi connectivity index (χ1n) is 13.7. The summed E-state index contributed by atoms with van der Waals surface area (Å²) < 4.78 is 166. The molecule has 4 aromatic carbocycles. The minimum Gasteiger partial charge on any atom is -0.507 e. The summed E-state index contributed by atoms with van der Waals surface area (Å²) in [6.07, 6.45) is -20.2. The van der Waals surface area contributed by atoms with Gasteiger partial charge in [-0.3, -0.25) is 4.99 Å². The molecule has 0 aromatic heterocycles. The standard InChI is InChI=1S/C33H24F12NOP/c1-29(2,3)27-9-4-6-18(28(27)47)17-46-23-7-5-8-24(16-23)48(25-12-19(30(34,35)36)10-20(13-25)31(37,38)39)26-14-21(32(40,41)42)11-22(15-26)33(43,44)45/h4-17,47H,1-3H3. The van der Waals surface area contributed by atoms with Crippen molar-refractivity contribution in [3.8, 4) is 5.75 Å². The molecule has 0 fully saturated rings. The van der Waals surface area contributed by atoms with Gasteiger partial charge in [0.05, 0.1) is 27.9 Å². The monoisotopic (exact) mass is 709 g/mol. The number of halogens is 12. The van der Waals surface area contributed by atoms with Crippen LogP contribution in [0.4, 0.5) is 58.4 Å². The van der Waals surface area contributed by atoms with Crippen LogP contribution in [-0.2, 0) is 30.1 Å². The minimum atomic E-state index is -5.35. The van der Waals surface area contributed by atoms with Crippen molar-refractivity contribution in [2.75, 3.05) is 0 Å². The molecule has 0 aliphatic rings. The molecule has 48 heavy (non-hydrogen) atoms. The quantitative estimate of drug-likeness (QED) is 0.125. The van der Waals surface area contributed by atoms with Crippen LogP contribution in [0.25, 0.3) is 0 Å². The van der Waals surface area contributed by atoms with Crippen LogP contribution in [0, 0.1) is 0 Å². The van der Waals surface area contributed by atoms with Crippen LogP contribution < -0.4 is 15.9 Å². The molecule has 0 heterocycles. The first kappa shape index (κ1) is 36.8. The SMILES string of the molecule is CC(C)(C)c1cccc(C=Nc2cccc(P(c3cc(C(F)(F)F)cc(C(F)(F)F)c3)c3cc(C(F)(F)F)cc(C(F)(F)F)c3)c2)c1O. The second kappa shape index (κ2) is 12.8. The van der Waals surface area contributed by atoms with Crippen LogP contribution in [0.3, 0.4) is 0 Å². The highest BCUT2D eigenvalue weighted by Crippen LogP contribution is 2.43. The van der Waals surface area contributed by atoms with E-state index in [1.807, 2.05) is 20.8 Å². The predicted octanol–water partition coefficient (Wildman–Crippen LogP) is 10.3. The molecule has 2 nitrogen and oxygen atoms in total. The zero-order chi connectivity index (χ0) is 36.0. The Labute approximate surface area is 267 Å². The number of nitrogens with zero attached hydrogens (tertiary/aromatic N) is 1. The van der Waals surface area contributed by atoms with Gasteiger partial charge in [0.1, 0.15) is 5.75 Å². The molecule has 0 aliphatic carbocycles. The second-order valence-corrected chi connectivity index (χ2v) is 13.9. The van der Waals surface area contributed by atoms with Gasteiger partial charge < -0.3 is 5.11 Å². The first-order chi connectivity index (χ1) is 21.9. The predicted molar refractivity (Wildman–Crippen MR) is 159 cm³/mol. The Morgan fingerprint density at radius 3 is 1.35 bits per heavy atom. The highest BCUT2D eigenvalue weighted by atomic mass is 31.1. The molecule has 15 heteroatoms. The largest absolute Gasteiger partial charge is 0.507 e. The van der Waals surface area contributed by atoms with E-state index in [9.17, 15) is 57.8 Å². The van der Waals surface area contributed by atoms with Crippen LogP contribution >= 0.6 is 7.92 Å². The summed E-state index contributed by atoms with van der Waals surface area (Å²) in [5, 5.41) is 8.93. The van der Waals surface area contributed by atoms with Crippen molar-refractivity contribution < 1.29 is 57.8 Å². The lowest BCUT2D eigenvalue weighted by Crippen LogP contribution is -2.26. The Hall–Kier alpha value is -4.06. The number of rotatable bonds is 5. The Balaban J connectivity index is 2.00. The lowest BCUT2D eigenvalue weighted by Gasteiger charge is -2.24. The highest BCUT2D eigenvalue weighted by Gasteiger charge is 2.40. The molecule has 256 valence electrons. The van der Waals surface area contributed by atoms with Crippen LogP contribution in [0.2, 0.25) is 0 Å².